The van der Waals surface area contributed by atoms with Crippen molar-refractivity contribution in [2.45, 2.75) is 12.5 Å². The van der Waals surface area contributed by atoms with E-state index >= 15 is 0 Å². The fourth-order valence-electron chi connectivity index (χ4n) is 2.53. The van der Waals surface area contributed by atoms with E-state index in [1.54, 1.807) is 4.90 Å². The standard InChI is InChI=1S/C10H20N4O5S2/c11-21(18,19)14-4-2-13(3-5-14)10(15)7-9-8-20(16,17)6-1-12-9/h9,12H,1-8H2,(H2,11,18,19). The van der Waals surface area contributed by atoms with Crippen LogP contribution in [0.25, 0.3) is 0 Å². The van der Waals surface area contributed by atoms with Gasteiger partial charge in [-0.15, -0.1) is 0 Å². The molecule has 3 N–H and O–H groups in total. The number of rotatable bonds is 3. The summed E-state index contributed by atoms with van der Waals surface area (Å²) in [6.45, 7) is 1.24. The van der Waals surface area contributed by atoms with E-state index < -0.39 is 20.0 Å². The number of hydrogen-bond donors (Lipinski definition) is 2. The molecule has 1 unspecified atom stereocenters. The highest BCUT2D eigenvalue weighted by molar-refractivity contribution is 7.91. The highest BCUT2D eigenvalue weighted by atomic mass is 32.2. The van der Waals surface area contributed by atoms with Crippen molar-refractivity contribution in [1.82, 2.24) is 14.5 Å². The number of amides is 1. The van der Waals surface area contributed by atoms with Gasteiger partial charge in [-0.3, -0.25) is 4.79 Å². The zero-order valence-electron chi connectivity index (χ0n) is 11.6. The van der Waals surface area contributed by atoms with Gasteiger partial charge in [-0.25, -0.2) is 13.6 Å². The molecule has 2 aliphatic heterocycles. The van der Waals surface area contributed by atoms with Crippen LogP contribution in [0.3, 0.4) is 0 Å². The average molecular weight is 340 g/mol. The van der Waals surface area contributed by atoms with Gasteiger partial charge in [-0.1, -0.05) is 0 Å². The number of nitrogens with zero attached hydrogens (tertiary/aromatic N) is 2. The van der Waals surface area contributed by atoms with Crippen LogP contribution in [-0.4, -0.2) is 82.2 Å². The topological polar surface area (TPSA) is 130 Å². The molecule has 2 heterocycles. The summed E-state index contributed by atoms with van der Waals surface area (Å²) in [7, 11) is -6.79. The molecule has 0 aromatic rings. The molecule has 0 spiro atoms. The first-order valence-corrected chi connectivity index (χ1v) is 9.99. The summed E-state index contributed by atoms with van der Waals surface area (Å²) in [6.07, 6.45) is 0.106. The van der Waals surface area contributed by atoms with E-state index in [1.165, 1.54) is 0 Å². The van der Waals surface area contributed by atoms with Crippen LogP contribution in [0.1, 0.15) is 6.42 Å². The molecule has 2 rings (SSSR count). The molecule has 0 aromatic heterocycles. The number of hydrogen-bond acceptors (Lipinski definition) is 6. The molecule has 1 amide bonds. The Balaban J connectivity index is 1.85. The van der Waals surface area contributed by atoms with Crippen molar-refractivity contribution in [2.24, 2.45) is 5.14 Å². The van der Waals surface area contributed by atoms with E-state index in [0.29, 0.717) is 6.54 Å². The molecule has 2 aliphatic rings. The molecule has 0 aromatic carbocycles. The number of carbonyl (C=O) groups excluding carboxylic acids is 1. The van der Waals surface area contributed by atoms with Crippen molar-refractivity contribution in [3.63, 3.8) is 0 Å². The quantitative estimate of drug-likeness (QED) is 0.567. The Morgan fingerprint density at radius 3 is 2.38 bits per heavy atom. The fourth-order valence-corrected chi connectivity index (χ4v) is 4.65. The Bertz CT molecular complexity index is 595. The van der Waals surface area contributed by atoms with Crippen LogP contribution in [0.2, 0.25) is 0 Å². The lowest BCUT2D eigenvalue weighted by molar-refractivity contribution is -0.132. The largest absolute Gasteiger partial charge is 0.340 e. The summed E-state index contributed by atoms with van der Waals surface area (Å²) in [5.74, 6) is -0.0979. The van der Waals surface area contributed by atoms with Gasteiger partial charge in [0, 0.05) is 45.2 Å². The highest BCUT2D eigenvalue weighted by Gasteiger charge is 2.30. The fraction of sp³-hybridized carbons (Fsp3) is 0.900. The predicted octanol–water partition coefficient (Wildman–Crippen LogP) is -2.89. The van der Waals surface area contributed by atoms with Gasteiger partial charge in [-0.05, 0) is 0 Å². The maximum atomic E-state index is 12.1. The maximum absolute atomic E-state index is 12.1. The van der Waals surface area contributed by atoms with Crippen LogP contribution in [0.5, 0.6) is 0 Å². The van der Waals surface area contributed by atoms with Crippen LogP contribution in [0.15, 0.2) is 0 Å². The molecule has 0 saturated carbocycles. The summed E-state index contributed by atoms with van der Waals surface area (Å²) < 4.78 is 46.5. The van der Waals surface area contributed by atoms with E-state index in [9.17, 15) is 21.6 Å². The molecular formula is C10H20N4O5S2. The molecule has 2 fully saturated rings. The molecule has 0 radical (unpaired) electrons. The van der Waals surface area contributed by atoms with E-state index in [0.717, 1.165) is 4.31 Å². The molecule has 9 nitrogen and oxygen atoms in total. The molecular weight excluding hydrogens is 320 g/mol. The molecule has 1 atom stereocenters. The van der Waals surface area contributed by atoms with Crippen molar-refractivity contribution in [2.75, 3.05) is 44.2 Å². The zero-order chi connectivity index (χ0) is 15.7. The van der Waals surface area contributed by atoms with Crippen molar-refractivity contribution in [1.29, 1.82) is 0 Å². The second-order valence-electron chi connectivity index (χ2n) is 5.29. The van der Waals surface area contributed by atoms with Gasteiger partial charge in [0.05, 0.1) is 11.5 Å². The van der Waals surface area contributed by atoms with Crippen molar-refractivity contribution in [3.05, 3.63) is 0 Å². The van der Waals surface area contributed by atoms with Gasteiger partial charge >= 0.3 is 0 Å². The normalized spacial score (nSPS) is 27.5. The van der Waals surface area contributed by atoms with Crippen LogP contribution in [0, 0.1) is 0 Å². The number of nitrogens with two attached hydrogens (primary N) is 1. The van der Waals surface area contributed by atoms with Gasteiger partial charge in [0.2, 0.25) is 5.91 Å². The molecule has 21 heavy (non-hydrogen) atoms. The first-order valence-electron chi connectivity index (χ1n) is 6.67. The molecule has 2 saturated heterocycles. The number of piperazine rings is 1. The molecule has 11 heteroatoms. The van der Waals surface area contributed by atoms with Crippen LogP contribution >= 0.6 is 0 Å². The summed E-state index contributed by atoms with van der Waals surface area (Å²) >= 11 is 0. The molecule has 0 bridgehead atoms. The highest BCUT2D eigenvalue weighted by Crippen LogP contribution is 2.10. The lowest BCUT2D eigenvalue weighted by Crippen LogP contribution is -2.54. The van der Waals surface area contributed by atoms with E-state index in [2.05, 4.69) is 5.32 Å². The Labute approximate surface area is 124 Å². The summed E-state index contributed by atoms with van der Waals surface area (Å²) in [4.78, 5) is 13.7. The smallest absolute Gasteiger partial charge is 0.277 e. The lowest BCUT2D eigenvalue weighted by Gasteiger charge is -2.34. The third kappa shape index (κ3) is 4.61. The minimum atomic E-state index is -3.71. The maximum Gasteiger partial charge on any atom is 0.277 e. The number of nitrogens with one attached hydrogen (secondary N) is 1. The lowest BCUT2D eigenvalue weighted by atomic mass is 10.2. The Hall–Kier alpha value is -0.750. The SMILES string of the molecule is NS(=O)(=O)N1CCN(C(=O)CC2CS(=O)(=O)CCN2)CC1. The first kappa shape index (κ1) is 16.6. The van der Waals surface area contributed by atoms with Gasteiger partial charge in [0.25, 0.3) is 10.2 Å². The van der Waals surface area contributed by atoms with Crippen LogP contribution in [-0.2, 0) is 24.8 Å². The third-order valence-corrected chi connectivity index (χ3v) is 6.49. The number of sulfone groups is 1. The molecule has 0 aliphatic carbocycles. The molecule has 122 valence electrons. The zero-order valence-corrected chi connectivity index (χ0v) is 13.2. The second-order valence-corrected chi connectivity index (χ2v) is 9.07. The van der Waals surface area contributed by atoms with Crippen LogP contribution < -0.4 is 10.5 Å². The monoisotopic (exact) mass is 340 g/mol. The van der Waals surface area contributed by atoms with Gasteiger partial charge in [0.1, 0.15) is 0 Å². The summed E-state index contributed by atoms with van der Waals surface area (Å²) in [6, 6.07) is -0.368. The van der Waals surface area contributed by atoms with Gasteiger partial charge < -0.3 is 10.2 Å². The van der Waals surface area contributed by atoms with Crippen molar-refractivity contribution in [3.8, 4) is 0 Å². The van der Waals surface area contributed by atoms with Crippen molar-refractivity contribution >= 4 is 26.0 Å². The van der Waals surface area contributed by atoms with E-state index in [4.69, 9.17) is 5.14 Å². The van der Waals surface area contributed by atoms with E-state index in [1.807, 2.05) is 0 Å². The number of carbonyl (C=O) groups is 1. The van der Waals surface area contributed by atoms with Gasteiger partial charge in [0.15, 0.2) is 9.84 Å². The summed E-state index contributed by atoms with van der Waals surface area (Å²) in [5.41, 5.74) is 0. The third-order valence-electron chi connectivity index (χ3n) is 3.67. The minimum Gasteiger partial charge on any atom is -0.340 e. The average Bonchev–Trinajstić information content (AvgIpc) is 2.36. The Morgan fingerprint density at radius 2 is 1.86 bits per heavy atom. The summed E-state index contributed by atoms with van der Waals surface area (Å²) in [5, 5.41) is 8.05. The predicted molar refractivity (Wildman–Crippen MR) is 76.3 cm³/mol. The van der Waals surface area contributed by atoms with Crippen molar-refractivity contribution < 1.29 is 21.6 Å². The Kier molecular flexibility index (Phi) is 4.88. The minimum absolute atomic E-state index is 0.0319. The van der Waals surface area contributed by atoms with Crippen LogP contribution in [0.4, 0.5) is 0 Å². The van der Waals surface area contributed by atoms with Gasteiger partial charge in [-0.2, -0.15) is 12.7 Å². The Morgan fingerprint density at radius 1 is 1.24 bits per heavy atom. The first-order chi connectivity index (χ1) is 9.67. The van der Waals surface area contributed by atoms with E-state index in [-0.39, 0.29) is 56.1 Å². The second kappa shape index (κ2) is 6.16.